The molecule has 1 unspecified atom stereocenters. The van der Waals surface area contributed by atoms with Crippen LogP contribution in [0.4, 0.5) is 0 Å². The molecule has 0 aromatic heterocycles. The predicted molar refractivity (Wildman–Crippen MR) is 175 cm³/mol. The summed E-state index contributed by atoms with van der Waals surface area (Å²) < 4.78 is 0. The Morgan fingerprint density at radius 3 is 2.11 bits per heavy atom. The summed E-state index contributed by atoms with van der Waals surface area (Å²) >= 11 is 0. The van der Waals surface area contributed by atoms with Crippen LogP contribution in [0.1, 0.15) is 107 Å². The van der Waals surface area contributed by atoms with Crippen LogP contribution in [0, 0.1) is 11.3 Å². The fourth-order valence-electron chi connectivity index (χ4n) is 6.53. The molecular formula is C34H61N5O5. The number of aliphatic hydroxyl groups excluding tert-OH is 1. The molecule has 0 aromatic carbocycles. The Balaban J connectivity index is 2.25. The first-order valence-electron chi connectivity index (χ1n) is 16.8. The third-order valence-corrected chi connectivity index (χ3v) is 9.17. The smallest absolute Gasteiger partial charge is 0.249 e. The van der Waals surface area contributed by atoms with E-state index in [2.05, 4.69) is 29.4 Å². The van der Waals surface area contributed by atoms with Gasteiger partial charge < -0.3 is 25.5 Å². The fourth-order valence-corrected chi connectivity index (χ4v) is 6.53. The quantitative estimate of drug-likeness (QED) is 0.272. The molecule has 5 atom stereocenters. The summed E-state index contributed by atoms with van der Waals surface area (Å²) in [6.45, 7) is 19.0. The molecule has 0 radical (unpaired) electrons. The van der Waals surface area contributed by atoms with Gasteiger partial charge in [-0.2, -0.15) is 0 Å². The maximum absolute atomic E-state index is 14.1. The monoisotopic (exact) mass is 619 g/mol. The summed E-state index contributed by atoms with van der Waals surface area (Å²) in [5, 5.41) is 15.7. The van der Waals surface area contributed by atoms with Crippen LogP contribution in [-0.2, 0) is 19.2 Å². The van der Waals surface area contributed by atoms with Crippen LogP contribution in [0.3, 0.4) is 0 Å². The number of likely N-dealkylation sites (N-methyl/N-ethyl adjacent to an activating group) is 1. The Bertz CT molecular complexity index is 1020. The predicted octanol–water partition coefficient (Wildman–Crippen LogP) is 3.48. The van der Waals surface area contributed by atoms with Crippen LogP contribution in [0.25, 0.3) is 0 Å². The van der Waals surface area contributed by atoms with Crippen molar-refractivity contribution >= 4 is 23.6 Å². The number of nitrogens with zero attached hydrogens (tertiary/aromatic N) is 3. The van der Waals surface area contributed by atoms with E-state index in [1.165, 1.54) is 0 Å². The van der Waals surface area contributed by atoms with E-state index in [1.54, 1.807) is 23.8 Å². The van der Waals surface area contributed by atoms with Gasteiger partial charge in [0.15, 0.2) is 0 Å². The van der Waals surface area contributed by atoms with Gasteiger partial charge in [-0.25, -0.2) is 0 Å². The number of amides is 4. The van der Waals surface area contributed by atoms with Gasteiger partial charge in [-0.1, -0.05) is 60.5 Å². The lowest BCUT2D eigenvalue weighted by atomic mass is 9.84. The van der Waals surface area contributed by atoms with Crippen LogP contribution in [0.2, 0.25) is 0 Å². The standard InChI is InChI=1S/C34H61N5O5/c1-11-15-25(21-40)35-30(41)27-17-14-19-39(27)32(43)24(6)20-28(22(2)3)37(10)33(44)29(34(7,8)9)36-31(42)26-16-12-13-18-38(26)23(4)5/h20,22-23,25-29,40H,11-19,21H2,1-10H3,(H,35,41)(H,36,42)/b24-20+/t25?,26-,27+,28-,29-/m1/s1. The van der Waals surface area contributed by atoms with Crippen molar-refractivity contribution in [1.29, 1.82) is 0 Å². The van der Waals surface area contributed by atoms with Gasteiger partial charge in [0.25, 0.3) is 0 Å². The number of rotatable bonds is 13. The van der Waals surface area contributed by atoms with Crippen molar-refractivity contribution in [3.63, 3.8) is 0 Å². The molecular weight excluding hydrogens is 558 g/mol. The summed E-state index contributed by atoms with van der Waals surface area (Å²) in [5.74, 6) is -0.769. The topological polar surface area (TPSA) is 122 Å². The molecule has 2 aliphatic heterocycles. The molecule has 10 nitrogen and oxygen atoms in total. The summed E-state index contributed by atoms with van der Waals surface area (Å²) in [6.07, 6.45) is 7.46. The number of piperidine rings is 1. The highest BCUT2D eigenvalue weighted by Gasteiger charge is 2.40. The van der Waals surface area contributed by atoms with Crippen molar-refractivity contribution in [3.05, 3.63) is 11.6 Å². The van der Waals surface area contributed by atoms with Gasteiger partial charge in [-0.3, -0.25) is 24.1 Å². The normalized spacial score (nSPS) is 22.1. The van der Waals surface area contributed by atoms with Crippen molar-refractivity contribution in [2.75, 3.05) is 26.7 Å². The summed E-state index contributed by atoms with van der Waals surface area (Å²) in [4.78, 5) is 59.9. The number of nitrogens with one attached hydrogen (secondary N) is 2. The Morgan fingerprint density at radius 1 is 0.955 bits per heavy atom. The van der Waals surface area contributed by atoms with Crippen LogP contribution in [0.15, 0.2) is 11.6 Å². The van der Waals surface area contributed by atoms with Crippen molar-refractivity contribution in [1.82, 2.24) is 25.3 Å². The number of hydrogen-bond acceptors (Lipinski definition) is 6. The van der Waals surface area contributed by atoms with E-state index in [0.29, 0.717) is 25.0 Å². The lowest BCUT2D eigenvalue weighted by Gasteiger charge is -2.41. The Hall–Kier alpha value is -2.46. The van der Waals surface area contributed by atoms with Gasteiger partial charge in [-0.05, 0) is 70.8 Å². The van der Waals surface area contributed by atoms with E-state index in [1.807, 2.05) is 47.6 Å². The van der Waals surface area contributed by atoms with Crippen molar-refractivity contribution in [2.24, 2.45) is 11.3 Å². The lowest BCUT2D eigenvalue weighted by molar-refractivity contribution is -0.142. The van der Waals surface area contributed by atoms with Crippen LogP contribution >= 0.6 is 0 Å². The number of aliphatic hydroxyl groups is 1. The Morgan fingerprint density at radius 2 is 1.57 bits per heavy atom. The summed E-state index contributed by atoms with van der Waals surface area (Å²) in [7, 11) is 1.74. The van der Waals surface area contributed by atoms with E-state index >= 15 is 0 Å². The SMILES string of the molecule is CCCC(CO)NC(=O)[C@@H]1CCCN1C(=O)/C(C)=C/[C@H](C(C)C)N(C)C(=O)[C@@H](NC(=O)[C@H]1CCCCN1C(C)C)C(C)(C)C. The highest BCUT2D eigenvalue weighted by molar-refractivity contribution is 5.97. The van der Waals surface area contributed by atoms with Gasteiger partial charge in [0.2, 0.25) is 23.6 Å². The van der Waals surface area contributed by atoms with Crippen molar-refractivity contribution in [2.45, 2.75) is 144 Å². The summed E-state index contributed by atoms with van der Waals surface area (Å²) in [5.41, 5.74) is -0.0594. The zero-order valence-corrected chi connectivity index (χ0v) is 29.1. The average Bonchev–Trinajstić information content (AvgIpc) is 3.46. The van der Waals surface area contributed by atoms with E-state index in [0.717, 1.165) is 38.6 Å². The van der Waals surface area contributed by atoms with Gasteiger partial charge >= 0.3 is 0 Å². The third kappa shape index (κ3) is 9.77. The molecule has 2 fully saturated rings. The molecule has 0 bridgehead atoms. The Labute approximate surface area is 266 Å². The van der Waals surface area contributed by atoms with E-state index in [4.69, 9.17) is 0 Å². The first-order valence-corrected chi connectivity index (χ1v) is 16.8. The van der Waals surface area contributed by atoms with Crippen LogP contribution in [0.5, 0.6) is 0 Å². The minimum absolute atomic E-state index is 0.00479. The minimum Gasteiger partial charge on any atom is -0.394 e. The first-order chi connectivity index (χ1) is 20.5. The molecule has 0 aromatic rings. The first kappa shape index (κ1) is 37.7. The van der Waals surface area contributed by atoms with Crippen molar-refractivity contribution < 1.29 is 24.3 Å². The number of hydrogen-bond donors (Lipinski definition) is 3. The highest BCUT2D eigenvalue weighted by Crippen LogP contribution is 2.27. The molecule has 0 spiro atoms. The molecule has 3 N–H and O–H groups in total. The molecule has 252 valence electrons. The fraction of sp³-hybridized carbons (Fsp3) is 0.824. The number of carbonyl (C=O) groups excluding carboxylic acids is 4. The average molecular weight is 620 g/mol. The van der Waals surface area contributed by atoms with Crippen LogP contribution < -0.4 is 10.6 Å². The zero-order chi connectivity index (χ0) is 33.4. The number of carbonyl (C=O) groups is 4. The molecule has 2 heterocycles. The third-order valence-electron chi connectivity index (χ3n) is 9.17. The molecule has 0 saturated carbocycles. The maximum atomic E-state index is 14.1. The molecule has 10 heteroatoms. The van der Waals surface area contributed by atoms with E-state index in [9.17, 15) is 24.3 Å². The second-order valence-electron chi connectivity index (χ2n) is 14.5. The molecule has 2 saturated heterocycles. The maximum Gasteiger partial charge on any atom is 0.249 e. The second kappa shape index (κ2) is 16.7. The lowest BCUT2D eigenvalue weighted by Crippen LogP contribution is -2.60. The van der Waals surface area contributed by atoms with Gasteiger partial charge in [0.1, 0.15) is 12.1 Å². The Kier molecular flexibility index (Phi) is 14.3. The zero-order valence-electron chi connectivity index (χ0n) is 29.1. The molecule has 44 heavy (non-hydrogen) atoms. The van der Waals surface area contributed by atoms with Gasteiger partial charge in [-0.15, -0.1) is 0 Å². The second-order valence-corrected chi connectivity index (χ2v) is 14.5. The van der Waals surface area contributed by atoms with Crippen LogP contribution in [-0.4, -0.2) is 106 Å². The van der Waals surface area contributed by atoms with Gasteiger partial charge in [0.05, 0.1) is 24.7 Å². The van der Waals surface area contributed by atoms with Crippen molar-refractivity contribution in [3.8, 4) is 0 Å². The molecule has 2 rings (SSSR count). The van der Waals surface area contributed by atoms with Gasteiger partial charge in [0, 0.05) is 25.2 Å². The molecule has 0 aliphatic carbocycles. The largest absolute Gasteiger partial charge is 0.394 e. The number of likely N-dealkylation sites (tertiary alicyclic amines) is 2. The highest BCUT2D eigenvalue weighted by atomic mass is 16.3. The summed E-state index contributed by atoms with van der Waals surface area (Å²) in [6, 6.07) is -2.06. The molecule has 4 amide bonds. The van der Waals surface area contributed by atoms with E-state index < -0.39 is 23.5 Å². The molecule has 2 aliphatic rings. The van der Waals surface area contributed by atoms with E-state index in [-0.39, 0.29) is 54.3 Å². The minimum atomic E-state index is -0.740.